The number of unbranched alkanes of at least 4 members (excludes halogenated alkanes) is 6. The van der Waals surface area contributed by atoms with Crippen molar-refractivity contribution >= 4 is 0 Å². The Hall–Kier alpha value is -4.68. The van der Waals surface area contributed by atoms with Crippen LogP contribution in [0.3, 0.4) is 0 Å². The first-order valence-electron chi connectivity index (χ1n) is 23.3. The van der Waals surface area contributed by atoms with Gasteiger partial charge in [-0.1, -0.05) is 167 Å². The molecule has 6 aromatic carbocycles. The van der Waals surface area contributed by atoms with E-state index in [1.165, 1.54) is 158 Å². The highest BCUT2D eigenvalue weighted by Gasteiger charge is 2.61. The van der Waals surface area contributed by atoms with Crippen LogP contribution in [-0.2, 0) is 23.7 Å². The Balaban J connectivity index is 1.40. The van der Waals surface area contributed by atoms with Crippen LogP contribution in [0.15, 0.2) is 109 Å². The summed E-state index contributed by atoms with van der Waals surface area (Å²) in [5.41, 5.74) is 24.8. The summed E-state index contributed by atoms with van der Waals surface area (Å²) in [5, 5.41) is 0. The van der Waals surface area contributed by atoms with Gasteiger partial charge in [-0.25, -0.2) is 0 Å². The van der Waals surface area contributed by atoms with E-state index in [2.05, 4.69) is 165 Å². The van der Waals surface area contributed by atoms with Crippen molar-refractivity contribution in [2.24, 2.45) is 0 Å². The van der Waals surface area contributed by atoms with Crippen LogP contribution in [0.4, 0.5) is 0 Å². The fourth-order valence-corrected chi connectivity index (χ4v) is 12.1. The van der Waals surface area contributed by atoms with Crippen molar-refractivity contribution in [1.29, 1.82) is 0 Å². The Morgan fingerprint density at radius 2 is 0.780 bits per heavy atom. The molecule has 6 aromatic rings. The first kappa shape index (κ1) is 41.1. The number of rotatable bonds is 14. The first-order chi connectivity index (χ1) is 28.6. The highest BCUT2D eigenvalue weighted by Crippen LogP contribution is 2.68. The van der Waals surface area contributed by atoms with Crippen LogP contribution < -0.4 is 0 Å². The van der Waals surface area contributed by atoms with Gasteiger partial charge in [0.05, 0.1) is 0 Å². The second-order valence-corrected chi connectivity index (χ2v) is 18.7. The summed E-state index contributed by atoms with van der Waals surface area (Å²) in [6.45, 7) is 18.3. The van der Waals surface area contributed by atoms with Gasteiger partial charge in [0.15, 0.2) is 0 Å². The minimum Gasteiger partial charge on any atom is -0.0654 e. The van der Waals surface area contributed by atoms with Gasteiger partial charge in [0.1, 0.15) is 0 Å². The second kappa shape index (κ2) is 17.1. The molecule has 2 unspecified atom stereocenters. The van der Waals surface area contributed by atoms with Gasteiger partial charge in [-0.15, -0.1) is 0 Å². The standard InChI is InChI=1S/C59H68/c1-9-11-13-15-18-46-20-26-50(27-21-46)58-32-17-33-59(58,51-28-22-47(23-29-51)19-16-14-12-10-2)55-39-49(57-44(7)36-41(4)37-45(57)8)25-31-53(55)52-30-24-48(38-54(52)58)56-42(5)34-40(3)35-43(56)6/h20-31,34-39H,9-19,32-33H2,1-8H3. The molecule has 59 heavy (non-hydrogen) atoms. The van der Waals surface area contributed by atoms with Crippen molar-refractivity contribution < 1.29 is 0 Å². The topological polar surface area (TPSA) is 0 Å². The summed E-state index contributed by atoms with van der Waals surface area (Å²) in [4.78, 5) is 0. The molecule has 304 valence electrons. The molecule has 8 rings (SSSR count). The van der Waals surface area contributed by atoms with E-state index in [9.17, 15) is 0 Å². The highest BCUT2D eigenvalue weighted by atomic mass is 14.6. The third-order valence-electron chi connectivity index (χ3n) is 14.5. The second-order valence-electron chi connectivity index (χ2n) is 18.7. The lowest BCUT2D eigenvalue weighted by atomic mass is 9.49. The minimum absolute atomic E-state index is 0.239. The maximum atomic E-state index is 2.64. The smallest absolute Gasteiger partial charge is 0.0346 e. The quantitative estimate of drug-likeness (QED) is 0.0967. The van der Waals surface area contributed by atoms with Gasteiger partial charge in [0, 0.05) is 10.8 Å². The molecule has 0 aromatic heterocycles. The van der Waals surface area contributed by atoms with Crippen LogP contribution >= 0.6 is 0 Å². The summed E-state index contributed by atoms with van der Waals surface area (Å²) in [6, 6.07) is 44.8. The van der Waals surface area contributed by atoms with E-state index in [0.717, 1.165) is 25.7 Å². The van der Waals surface area contributed by atoms with E-state index in [1.807, 2.05) is 0 Å². The van der Waals surface area contributed by atoms with Crippen LogP contribution in [0.2, 0.25) is 0 Å². The Labute approximate surface area is 357 Å². The van der Waals surface area contributed by atoms with E-state index in [-0.39, 0.29) is 10.8 Å². The van der Waals surface area contributed by atoms with E-state index in [1.54, 1.807) is 0 Å². The van der Waals surface area contributed by atoms with Crippen molar-refractivity contribution in [3.05, 3.63) is 176 Å². The van der Waals surface area contributed by atoms with Crippen LogP contribution in [0, 0.1) is 41.5 Å². The molecule has 0 radical (unpaired) electrons. The molecule has 1 fully saturated rings. The molecular weight excluding hydrogens is 709 g/mol. The number of hydrogen-bond donors (Lipinski definition) is 0. The summed E-state index contributed by atoms with van der Waals surface area (Å²) in [6.07, 6.45) is 16.1. The SMILES string of the molecule is CCCCCCc1ccc(C23CCCC2(c2ccc(CCCCCC)cc2)c2cc(-c4c(C)cc(C)cc4C)ccc2-c2ccc(-c4c(C)cc(C)cc4C)cc23)cc1. The molecule has 0 N–H and O–H groups in total. The molecule has 2 atom stereocenters. The minimum atomic E-state index is -0.239. The summed E-state index contributed by atoms with van der Waals surface area (Å²) >= 11 is 0. The Morgan fingerprint density at radius 1 is 0.407 bits per heavy atom. The van der Waals surface area contributed by atoms with Crippen molar-refractivity contribution in [3.63, 3.8) is 0 Å². The van der Waals surface area contributed by atoms with Crippen LogP contribution in [0.25, 0.3) is 33.4 Å². The number of hydrogen-bond acceptors (Lipinski definition) is 0. The molecule has 0 heterocycles. The molecular formula is C59H68. The monoisotopic (exact) mass is 777 g/mol. The van der Waals surface area contributed by atoms with Gasteiger partial charge < -0.3 is 0 Å². The molecule has 0 heteroatoms. The number of benzene rings is 6. The Kier molecular flexibility index (Phi) is 11.9. The van der Waals surface area contributed by atoms with E-state index >= 15 is 0 Å². The van der Waals surface area contributed by atoms with Gasteiger partial charge in [-0.3, -0.25) is 0 Å². The number of fused-ring (bicyclic) bond motifs is 6. The van der Waals surface area contributed by atoms with Crippen molar-refractivity contribution in [3.8, 4) is 33.4 Å². The molecule has 0 nitrogen and oxygen atoms in total. The van der Waals surface area contributed by atoms with Crippen molar-refractivity contribution in [2.75, 3.05) is 0 Å². The number of aryl methyl sites for hydroxylation is 8. The zero-order valence-electron chi connectivity index (χ0n) is 37.6. The lowest BCUT2D eigenvalue weighted by Gasteiger charge is -2.53. The first-order valence-corrected chi connectivity index (χ1v) is 23.3. The predicted molar refractivity (Wildman–Crippen MR) is 255 cm³/mol. The zero-order valence-corrected chi connectivity index (χ0v) is 37.6. The van der Waals surface area contributed by atoms with Crippen LogP contribution in [-0.4, -0.2) is 0 Å². The zero-order chi connectivity index (χ0) is 41.3. The average molecular weight is 777 g/mol. The molecule has 0 saturated heterocycles. The summed E-state index contributed by atoms with van der Waals surface area (Å²) in [7, 11) is 0. The summed E-state index contributed by atoms with van der Waals surface area (Å²) < 4.78 is 0. The van der Waals surface area contributed by atoms with E-state index in [0.29, 0.717) is 0 Å². The average Bonchev–Trinajstić information content (AvgIpc) is 3.64. The maximum absolute atomic E-state index is 2.64. The largest absolute Gasteiger partial charge is 0.0654 e. The highest BCUT2D eigenvalue weighted by molar-refractivity contribution is 5.88. The third kappa shape index (κ3) is 7.34. The van der Waals surface area contributed by atoms with Crippen molar-refractivity contribution in [2.45, 2.75) is 150 Å². The lowest BCUT2D eigenvalue weighted by molar-refractivity contribution is 0.356. The summed E-state index contributed by atoms with van der Waals surface area (Å²) in [5.74, 6) is 0. The van der Waals surface area contributed by atoms with Gasteiger partial charge in [-0.05, 0) is 181 Å². The fourth-order valence-electron chi connectivity index (χ4n) is 12.1. The van der Waals surface area contributed by atoms with Gasteiger partial charge in [0.25, 0.3) is 0 Å². The maximum Gasteiger partial charge on any atom is 0.0346 e. The van der Waals surface area contributed by atoms with Gasteiger partial charge in [0.2, 0.25) is 0 Å². The Bertz CT molecular complexity index is 2220. The van der Waals surface area contributed by atoms with Gasteiger partial charge in [-0.2, -0.15) is 0 Å². The third-order valence-corrected chi connectivity index (χ3v) is 14.5. The molecule has 2 aliphatic carbocycles. The molecule has 1 saturated carbocycles. The van der Waals surface area contributed by atoms with E-state index in [4.69, 9.17) is 0 Å². The molecule has 2 aliphatic rings. The Morgan fingerprint density at radius 3 is 1.14 bits per heavy atom. The molecule has 0 spiro atoms. The predicted octanol–water partition coefficient (Wildman–Crippen LogP) is 16.6. The van der Waals surface area contributed by atoms with Crippen LogP contribution in [0.5, 0.6) is 0 Å². The fraction of sp³-hybridized carbons (Fsp3) is 0.390. The van der Waals surface area contributed by atoms with Crippen LogP contribution in [0.1, 0.15) is 151 Å². The lowest BCUT2D eigenvalue weighted by Crippen LogP contribution is -2.49. The molecule has 0 aliphatic heterocycles. The normalized spacial score (nSPS) is 18.1. The molecule has 0 amide bonds. The van der Waals surface area contributed by atoms with E-state index < -0.39 is 0 Å². The van der Waals surface area contributed by atoms with Gasteiger partial charge >= 0.3 is 0 Å². The van der Waals surface area contributed by atoms with Crippen molar-refractivity contribution in [1.82, 2.24) is 0 Å². The molecule has 0 bridgehead atoms.